The molecule has 2 atom stereocenters. The number of hydrogen-bond acceptors (Lipinski definition) is 6. The average Bonchev–Trinajstić information content (AvgIpc) is 2.94. The van der Waals surface area contributed by atoms with Crippen LogP contribution in [0.1, 0.15) is 117 Å². The van der Waals surface area contributed by atoms with E-state index in [1.807, 2.05) is 30.0 Å². The zero-order valence-corrected chi connectivity index (χ0v) is 27.1. The summed E-state index contributed by atoms with van der Waals surface area (Å²) in [4.78, 5) is 23.0. The minimum absolute atomic E-state index is 0.0384. The Kier molecular flexibility index (Phi) is 19.5. The number of hydrogen-bond donors (Lipinski definition) is 0. The van der Waals surface area contributed by atoms with E-state index in [0.29, 0.717) is 31.3 Å². The summed E-state index contributed by atoms with van der Waals surface area (Å²) in [6, 6.07) is 10.4. The molecule has 6 heteroatoms. The summed E-state index contributed by atoms with van der Waals surface area (Å²) in [5.74, 6) is 2.31. The molecule has 0 aromatic heterocycles. The van der Waals surface area contributed by atoms with Gasteiger partial charge in [-0.3, -0.25) is 9.59 Å². The molecule has 0 amide bonds. The lowest BCUT2D eigenvalue weighted by molar-refractivity contribution is -0.144. The quantitative estimate of drug-likeness (QED) is 0.104. The summed E-state index contributed by atoms with van der Waals surface area (Å²) < 4.78 is 10.6. The van der Waals surface area contributed by atoms with Crippen molar-refractivity contribution in [2.45, 2.75) is 116 Å². The van der Waals surface area contributed by atoms with Gasteiger partial charge in [-0.1, -0.05) is 89.4 Å². The number of unbranched alkanes of at least 4 members (excludes halogenated alkanes) is 2. The third kappa shape index (κ3) is 16.5. The molecular weight excluding hydrogens is 524 g/mol. The Hall–Kier alpha value is -1.40. The Morgan fingerprint density at radius 2 is 1.54 bits per heavy atom. The largest absolute Gasteiger partial charge is 0.466 e. The molecule has 0 aliphatic heterocycles. The summed E-state index contributed by atoms with van der Waals surface area (Å²) in [7, 11) is 0. The van der Waals surface area contributed by atoms with Crippen LogP contribution in [0.25, 0.3) is 0 Å². The van der Waals surface area contributed by atoms with E-state index in [1.54, 1.807) is 17.3 Å². The molecule has 1 aliphatic carbocycles. The van der Waals surface area contributed by atoms with Gasteiger partial charge in [0.25, 0.3) is 0 Å². The second-order valence-electron chi connectivity index (χ2n) is 10.7. The van der Waals surface area contributed by atoms with Gasteiger partial charge in [-0.15, -0.1) is 0 Å². The number of esters is 2. The van der Waals surface area contributed by atoms with Crippen molar-refractivity contribution in [1.29, 1.82) is 0 Å². The van der Waals surface area contributed by atoms with Crippen molar-refractivity contribution < 1.29 is 19.1 Å². The van der Waals surface area contributed by atoms with E-state index in [2.05, 4.69) is 59.8 Å². The minimum Gasteiger partial charge on any atom is -0.466 e. The lowest BCUT2D eigenvalue weighted by Gasteiger charge is -2.36. The molecule has 0 saturated carbocycles. The van der Waals surface area contributed by atoms with Crippen LogP contribution in [0.15, 0.2) is 42.0 Å². The molecule has 2 rings (SSSR count). The summed E-state index contributed by atoms with van der Waals surface area (Å²) >= 11 is 3.73. The van der Waals surface area contributed by atoms with Crippen molar-refractivity contribution in [3.8, 4) is 0 Å². The number of ether oxygens (including phenoxy) is 2. The second-order valence-corrected chi connectivity index (χ2v) is 13.9. The Bertz CT molecular complexity index is 822. The fourth-order valence-corrected chi connectivity index (χ4v) is 6.53. The predicted molar refractivity (Wildman–Crippen MR) is 171 cm³/mol. The Morgan fingerprint density at radius 3 is 2.05 bits per heavy atom. The first kappa shape index (κ1) is 35.6. The van der Waals surface area contributed by atoms with Gasteiger partial charge in [0.05, 0.1) is 26.1 Å². The Labute approximate surface area is 247 Å². The maximum absolute atomic E-state index is 11.6. The van der Waals surface area contributed by atoms with Crippen LogP contribution in [0, 0.1) is 5.92 Å². The molecule has 0 spiro atoms. The summed E-state index contributed by atoms with van der Waals surface area (Å²) in [6.45, 7) is 14.4. The monoisotopic (exact) mass is 578 g/mol. The van der Waals surface area contributed by atoms with Crippen LogP contribution >= 0.6 is 23.5 Å². The van der Waals surface area contributed by atoms with E-state index in [4.69, 9.17) is 9.47 Å². The molecule has 0 radical (unpaired) electrons. The molecule has 0 fully saturated rings. The zero-order chi connectivity index (χ0) is 28.9. The maximum Gasteiger partial charge on any atom is 0.306 e. The fourth-order valence-electron chi connectivity index (χ4n) is 4.30. The van der Waals surface area contributed by atoms with E-state index in [0.717, 1.165) is 43.1 Å². The third-order valence-corrected chi connectivity index (χ3v) is 9.88. The van der Waals surface area contributed by atoms with E-state index in [9.17, 15) is 9.59 Å². The number of thioether (sulfide) groups is 2. The maximum atomic E-state index is 11.6. The SMILES string of the molecule is CCCCOC(=O)CCSC(C)(C)C1CC=C(CC)CC1.CCCCOC(=O)CCSC(C)c1ccccc1. The molecule has 0 saturated heterocycles. The van der Waals surface area contributed by atoms with Gasteiger partial charge in [0, 0.05) is 21.5 Å². The van der Waals surface area contributed by atoms with E-state index < -0.39 is 0 Å². The molecule has 1 aliphatic rings. The lowest BCUT2D eigenvalue weighted by atomic mass is 9.81. The van der Waals surface area contributed by atoms with Crippen molar-refractivity contribution in [2.75, 3.05) is 24.7 Å². The first-order chi connectivity index (χ1) is 18.7. The van der Waals surface area contributed by atoms with E-state index in [1.165, 1.54) is 31.2 Å². The minimum atomic E-state index is -0.0730. The first-order valence-corrected chi connectivity index (χ1v) is 17.1. The fraction of sp³-hybridized carbons (Fsp3) is 0.697. The van der Waals surface area contributed by atoms with Crippen LogP contribution in [-0.4, -0.2) is 41.4 Å². The summed E-state index contributed by atoms with van der Waals surface area (Å²) in [5, 5.41) is 0.426. The molecule has 39 heavy (non-hydrogen) atoms. The van der Waals surface area contributed by atoms with E-state index in [-0.39, 0.29) is 16.7 Å². The summed E-state index contributed by atoms with van der Waals surface area (Å²) in [5.41, 5.74) is 2.92. The smallest absolute Gasteiger partial charge is 0.306 e. The summed E-state index contributed by atoms with van der Waals surface area (Å²) in [6.07, 6.45) is 12.5. The molecule has 0 N–H and O–H groups in total. The van der Waals surface area contributed by atoms with Crippen LogP contribution in [0.4, 0.5) is 0 Å². The van der Waals surface area contributed by atoms with Gasteiger partial charge in [0.15, 0.2) is 0 Å². The number of carbonyl (C=O) groups is 2. The number of rotatable bonds is 17. The van der Waals surface area contributed by atoms with Crippen LogP contribution in [-0.2, 0) is 19.1 Å². The Balaban J connectivity index is 0.000000395. The van der Waals surface area contributed by atoms with Crippen LogP contribution in [0.5, 0.6) is 0 Å². The molecule has 2 unspecified atom stereocenters. The highest BCUT2D eigenvalue weighted by atomic mass is 32.2. The molecule has 222 valence electrons. The van der Waals surface area contributed by atoms with Crippen LogP contribution in [0.3, 0.4) is 0 Å². The van der Waals surface area contributed by atoms with Gasteiger partial charge in [-0.2, -0.15) is 23.5 Å². The highest BCUT2D eigenvalue weighted by molar-refractivity contribution is 8.00. The van der Waals surface area contributed by atoms with Gasteiger partial charge < -0.3 is 9.47 Å². The van der Waals surface area contributed by atoms with Crippen molar-refractivity contribution in [3.63, 3.8) is 0 Å². The van der Waals surface area contributed by atoms with Crippen LogP contribution < -0.4 is 0 Å². The predicted octanol–water partition coefficient (Wildman–Crippen LogP) is 9.58. The van der Waals surface area contributed by atoms with Gasteiger partial charge in [0.2, 0.25) is 0 Å². The third-order valence-electron chi connectivity index (χ3n) is 7.19. The van der Waals surface area contributed by atoms with Gasteiger partial charge in [-0.25, -0.2) is 0 Å². The van der Waals surface area contributed by atoms with Crippen molar-refractivity contribution >= 4 is 35.5 Å². The van der Waals surface area contributed by atoms with Crippen molar-refractivity contribution in [3.05, 3.63) is 47.5 Å². The van der Waals surface area contributed by atoms with Crippen molar-refractivity contribution in [2.24, 2.45) is 5.92 Å². The number of allylic oxidation sites excluding steroid dienone is 2. The zero-order valence-electron chi connectivity index (χ0n) is 25.5. The second kappa shape index (κ2) is 21.4. The highest BCUT2D eigenvalue weighted by Gasteiger charge is 2.30. The molecular formula is C33H54O4S2. The van der Waals surface area contributed by atoms with Crippen LogP contribution in [0.2, 0.25) is 0 Å². The molecule has 4 nitrogen and oxygen atoms in total. The van der Waals surface area contributed by atoms with Crippen molar-refractivity contribution in [1.82, 2.24) is 0 Å². The van der Waals surface area contributed by atoms with Gasteiger partial charge in [0.1, 0.15) is 0 Å². The van der Waals surface area contributed by atoms with E-state index >= 15 is 0 Å². The molecule has 0 heterocycles. The Morgan fingerprint density at radius 1 is 0.949 bits per heavy atom. The molecule has 1 aromatic rings. The highest BCUT2D eigenvalue weighted by Crippen LogP contribution is 2.41. The first-order valence-electron chi connectivity index (χ1n) is 15.0. The topological polar surface area (TPSA) is 52.6 Å². The number of benzene rings is 1. The molecule has 1 aromatic carbocycles. The molecule has 0 bridgehead atoms. The lowest BCUT2D eigenvalue weighted by Crippen LogP contribution is -2.29. The number of carbonyl (C=O) groups excluding carboxylic acids is 2. The average molecular weight is 579 g/mol. The normalized spacial score (nSPS) is 15.9. The van der Waals surface area contributed by atoms with Gasteiger partial charge >= 0.3 is 11.9 Å². The standard InChI is InChI=1S/C18H32O2S.C15H22O2S/c1-5-7-13-20-17(19)12-14-21-18(3,4)16-10-8-15(6-2)9-11-16;1-3-4-11-17-15(16)10-12-18-13(2)14-8-6-5-7-9-14/h8,16H,5-7,9-14H2,1-4H3;5-9,13H,3-4,10-12H2,1-2H3. The van der Waals surface area contributed by atoms with Gasteiger partial charge in [-0.05, 0) is 56.9 Å².